The topological polar surface area (TPSA) is 94.7 Å². The van der Waals surface area contributed by atoms with E-state index >= 15 is 0 Å². The number of ether oxygens (including phenoxy) is 1. The molecule has 2 amide bonds. The van der Waals surface area contributed by atoms with Gasteiger partial charge >= 0.3 is 0 Å². The molecule has 0 saturated carbocycles. The van der Waals surface area contributed by atoms with Gasteiger partial charge in [0.1, 0.15) is 0 Å². The average molecular weight is 585 g/mol. The van der Waals surface area contributed by atoms with Crippen molar-refractivity contribution in [2.75, 3.05) is 37.7 Å². The summed E-state index contributed by atoms with van der Waals surface area (Å²) in [6.07, 6.45) is 5.15. The van der Waals surface area contributed by atoms with Crippen LogP contribution in [-0.4, -0.2) is 60.6 Å². The van der Waals surface area contributed by atoms with Crippen LogP contribution >= 0.6 is 0 Å². The first-order valence-electron chi connectivity index (χ1n) is 15.6. The molecule has 0 atom stereocenters. The third kappa shape index (κ3) is 6.85. The Bertz CT molecular complexity index is 1520. The zero-order valence-corrected chi connectivity index (χ0v) is 25.9. The van der Waals surface area contributed by atoms with Gasteiger partial charge in [0.15, 0.2) is 0 Å². The van der Waals surface area contributed by atoms with Gasteiger partial charge in [-0.15, -0.1) is 0 Å². The minimum atomic E-state index is -0.222. The van der Waals surface area contributed by atoms with Crippen LogP contribution in [0.5, 0.6) is 0 Å². The molecule has 8 nitrogen and oxygen atoms in total. The van der Waals surface area contributed by atoms with E-state index in [0.29, 0.717) is 22.7 Å². The lowest BCUT2D eigenvalue weighted by molar-refractivity contribution is 0.0724. The number of piperidine rings is 1. The SMILES string of the molecule is CCN(c1cc(-c2ccc(C(=O)N3CCCCC3)cc2)cc(C(=O)NCc2c(C)cc(C)[nH]c2=O)c1C)C1CCOCC1. The Balaban J connectivity index is 1.48. The van der Waals surface area contributed by atoms with Crippen LogP contribution in [0.4, 0.5) is 5.69 Å². The highest BCUT2D eigenvalue weighted by atomic mass is 16.5. The Morgan fingerprint density at radius 1 is 0.977 bits per heavy atom. The molecule has 3 heterocycles. The summed E-state index contributed by atoms with van der Waals surface area (Å²) in [4.78, 5) is 46.6. The Morgan fingerprint density at radius 3 is 2.33 bits per heavy atom. The molecule has 2 saturated heterocycles. The van der Waals surface area contributed by atoms with Crippen LogP contribution in [0.1, 0.15) is 82.1 Å². The number of hydrogen-bond donors (Lipinski definition) is 2. The summed E-state index contributed by atoms with van der Waals surface area (Å²) in [7, 11) is 0. The smallest absolute Gasteiger partial charge is 0.253 e. The van der Waals surface area contributed by atoms with Gasteiger partial charge in [0, 0.05) is 73.5 Å². The summed E-state index contributed by atoms with van der Waals surface area (Å²) in [6.45, 7) is 11.9. The van der Waals surface area contributed by atoms with Crippen molar-refractivity contribution in [3.63, 3.8) is 0 Å². The number of hydrogen-bond acceptors (Lipinski definition) is 5. The molecule has 0 spiro atoms. The maximum atomic E-state index is 13.8. The van der Waals surface area contributed by atoms with Gasteiger partial charge in [0.25, 0.3) is 17.4 Å². The van der Waals surface area contributed by atoms with Crippen molar-refractivity contribution >= 4 is 17.5 Å². The summed E-state index contributed by atoms with van der Waals surface area (Å²) in [5.74, 6) is -0.145. The summed E-state index contributed by atoms with van der Waals surface area (Å²) >= 11 is 0. The molecule has 2 fully saturated rings. The summed E-state index contributed by atoms with van der Waals surface area (Å²) < 4.78 is 5.64. The van der Waals surface area contributed by atoms with Gasteiger partial charge in [0.05, 0.1) is 0 Å². The third-order valence-electron chi connectivity index (χ3n) is 8.93. The van der Waals surface area contributed by atoms with Crippen molar-refractivity contribution in [1.29, 1.82) is 0 Å². The van der Waals surface area contributed by atoms with E-state index in [9.17, 15) is 14.4 Å². The zero-order valence-electron chi connectivity index (χ0n) is 25.9. The number of carbonyl (C=O) groups is 2. The maximum Gasteiger partial charge on any atom is 0.253 e. The van der Waals surface area contributed by atoms with Crippen LogP contribution in [0.25, 0.3) is 11.1 Å². The number of aryl methyl sites for hydroxylation is 2. The first kappa shape index (κ1) is 30.5. The van der Waals surface area contributed by atoms with E-state index in [4.69, 9.17) is 4.74 Å². The Labute approximate surface area is 254 Å². The fourth-order valence-corrected chi connectivity index (χ4v) is 6.47. The highest BCUT2D eigenvalue weighted by Gasteiger charge is 2.25. The number of nitrogens with zero attached hydrogens (tertiary/aromatic N) is 2. The minimum Gasteiger partial charge on any atom is -0.381 e. The van der Waals surface area contributed by atoms with Gasteiger partial charge in [-0.1, -0.05) is 12.1 Å². The van der Waals surface area contributed by atoms with Crippen molar-refractivity contribution in [1.82, 2.24) is 15.2 Å². The van der Waals surface area contributed by atoms with Gasteiger partial charge in [0.2, 0.25) is 0 Å². The average Bonchev–Trinajstić information content (AvgIpc) is 3.02. The van der Waals surface area contributed by atoms with E-state index in [2.05, 4.69) is 28.2 Å². The Hall–Kier alpha value is -3.91. The lowest BCUT2D eigenvalue weighted by Gasteiger charge is -2.37. The number of nitrogens with one attached hydrogen (secondary N) is 2. The molecule has 5 rings (SSSR count). The van der Waals surface area contributed by atoms with Crippen molar-refractivity contribution in [3.8, 4) is 11.1 Å². The predicted molar refractivity (Wildman–Crippen MR) is 171 cm³/mol. The standard InChI is InChI=1S/C35H44N4O4/c1-5-39(29-13-17-43-18-14-29)32-21-28(26-9-11-27(12-10-26)35(42)38-15-7-6-8-16-38)20-30(25(32)4)33(40)36-22-31-23(2)19-24(3)37-34(31)41/h9-12,19-21,29H,5-8,13-18,22H2,1-4H3,(H,36,40)(H,37,41). The number of pyridine rings is 1. The second-order valence-corrected chi connectivity index (χ2v) is 11.9. The number of likely N-dealkylation sites (tertiary alicyclic amines) is 1. The molecule has 8 heteroatoms. The van der Waals surface area contributed by atoms with Crippen molar-refractivity contribution < 1.29 is 14.3 Å². The summed E-state index contributed by atoms with van der Waals surface area (Å²) in [5.41, 5.74) is 7.07. The molecule has 2 aromatic carbocycles. The summed E-state index contributed by atoms with van der Waals surface area (Å²) in [6, 6.07) is 14.1. The molecule has 0 unspecified atom stereocenters. The number of aromatic amines is 1. The fraction of sp³-hybridized carbons (Fsp3) is 0.457. The highest BCUT2D eigenvalue weighted by Crippen LogP contribution is 2.34. The number of aromatic nitrogens is 1. The Kier molecular flexibility index (Phi) is 9.65. The van der Waals surface area contributed by atoms with Gasteiger partial charge in [-0.05, 0) is 112 Å². The molecule has 2 N–H and O–H groups in total. The number of benzene rings is 2. The van der Waals surface area contributed by atoms with E-state index in [1.54, 1.807) is 0 Å². The first-order chi connectivity index (χ1) is 20.8. The van der Waals surface area contributed by atoms with Gasteiger partial charge in [-0.25, -0.2) is 0 Å². The zero-order chi connectivity index (χ0) is 30.5. The summed E-state index contributed by atoms with van der Waals surface area (Å²) in [5, 5.41) is 3.01. The minimum absolute atomic E-state index is 0.0778. The first-order valence-corrected chi connectivity index (χ1v) is 15.6. The van der Waals surface area contributed by atoms with Crippen LogP contribution < -0.4 is 15.8 Å². The molecule has 3 aromatic rings. The predicted octanol–water partition coefficient (Wildman–Crippen LogP) is 5.53. The van der Waals surface area contributed by atoms with Crippen molar-refractivity contribution in [2.45, 2.75) is 72.4 Å². The van der Waals surface area contributed by atoms with Crippen LogP contribution in [-0.2, 0) is 11.3 Å². The van der Waals surface area contributed by atoms with Gasteiger partial charge in [-0.3, -0.25) is 14.4 Å². The van der Waals surface area contributed by atoms with Gasteiger partial charge in [-0.2, -0.15) is 0 Å². The molecular weight excluding hydrogens is 540 g/mol. The molecular formula is C35H44N4O4. The molecule has 2 aliphatic heterocycles. The number of H-pyrrole nitrogens is 1. The van der Waals surface area contributed by atoms with Gasteiger partial charge < -0.3 is 24.8 Å². The molecule has 0 aliphatic carbocycles. The van der Waals surface area contributed by atoms with E-state index in [0.717, 1.165) is 92.2 Å². The van der Waals surface area contributed by atoms with Crippen LogP contribution in [0.2, 0.25) is 0 Å². The largest absolute Gasteiger partial charge is 0.381 e. The molecule has 228 valence electrons. The van der Waals surface area contributed by atoms with E-state index in [1.807, 2.05) is 62.1 Å². The molecule has 43 heavy (non-hydrogen) atoms. The van der Waals surface area contributed by atoms with E-state index < -0.39 is 0 Å². The second kappa shape index (κ2) is 13.6. The lowest BCUT2D eigenvalue weighted by Crippen LogP contribution is -2.40. The third-order valence-corrected chi connectivity index (χ3v) is 8.93. The maximum absolute atomic E-state index is 13.8. The van der Waals surface area contributed by atoms with E-state index in [1.165, 1.54) is 6.42 Å². The van der Waals surface area contributed by atoms with Crippen molar-refractivity contribution in [3.05, 3.63) is 86.3 Å². The Morgan fingerprint density at radius 2 is 1.67 bits per heavy atom. The fourth-order valence-electron chi connectivity index (χ4n) is 6.47. The second-order valence-electron chi connectivity index (χ2n) is 11.9. The van der Waals surface area contributed by atoms with Crippen molar-refractivity contribution in [2.24, 2.45) is 0 Å². The molecule has 0 bridgehead atoms. The quantitative estimate of drug-likeness (QED) is 0.363. The van der Waals surface area contributed by atoms with E-state index in [-0.39, 0.29) is 23.9 Å². The molecule has 1 aromatic heterocycles. The van der Waals surface area contributed by atoms with Crippen LogP contribution in [0.15, 0.2) is 47.3 Å². The lowest BCUT2D eigenvalue weighted by atomic mass is 9.94. The molecule has 0 radical (unpaired) electrons. The monoisotopic (exact) mass is 584 g/mol. The number of rotatable bonds is 8. The van der Waals surface area contributed by atoms with Crippen LogP contribution in [0, 0.1) is 20.8 Å². The highest BCUT2D eigenvalue weighted by molar-refractivity contribution is 5.99. The number of carbonyl (C=O) groups excluding carboxylic acids is 2. The van der Waals surface area contributed by atoms with Crippen LogP contribution in [0.3, 0.4) is 0 Å². The number of amides is 2. The number of anilines is 1. The normalized spacial score (nSPS) is 15.8. The molecule has 2 aliphatic rings.